The molecular weight excluding hydrogens is 324 g/mol. The molecule has 1 saturated carbocycles. The van der Waals surface area contributed by atoms with Crippen molar-refractivity contribution in [1.29, 1.82) is 0 Å². The van der Waals surface area contributed by atoms with Gasteiger partial charge in [0.25, 0.3) is 0 Å². The van der Waals surface area contributed by atoms with Crippen LogP contribution in [0.25, 0.3) is 4.91 Å². The molecule has 1 heterocycles. The van der Waals surface area contributed by atoms with Crippen molar-refractivity contribution in [2.75, 3.05) is 0 Å². The van der Waals surface area contributed by atoms with Crippen LogP contribution in [0.5, 0.6) is 0 Å². The minimum absolute atomic E-state index is 0.681. The normalized spacial score (nSPS) is 24.2. The summed E-state index contributed by atoms with van der Waals surface area (Å²) in [6.07, 6.45) is 15.6. The van der Waals surface area contributed by atoms with E-state index in [4.69, 9.17) is 0 Å². The van der Waals surface area contributed by atoms with E-state index in [0.717, 1.165) is 5.92 Å². The minimum atomic E-state index is 0.681. The monoisotopic (exact) mass is 358 g/mol. The van der Waals surface area contributed by atoms with Gasteiger partial charge in [0.2, 0.25) is 0 Å². The molecular formula is C22H34N2S. The Morgan fingerprint density at radius 3 is 2.44 bits per heavy atom. The molecule has 1 aliphatic heterocycles. The second-order valence-electron chi connectivity index (χ2n) is 7.67. The number of hydrazine groups is 1. The standard InChI is InChI=1S/C22H34N2S/c1-3-5-6-8-19-9-13-20(14-10-19)22-17-23-24(25-22)21-15-11-18(7-4-2)12-16-21/h9-10,13-14,17-18,21,23H,3-8,11-12,15-16H2,1-2H3. The van der Waals surface area contributed by atoms with E-state index < -0.39 is 0 Å². The van der Waals surface area contributed by atoms with Crippen LogP contribution in [0.3, 0.4) is 0 Å². The highest BCUT2D eigenvalue weighted by Gasteiger charge is 2.29. The van der Waals surface area contributed by atoms with Crippen LogP contribution in [0.15, 0.2) is 30.5 Å². The van der Waals surface area contributed by atoms with E-state index in [0.29, 0.717) is 6.04 Å². The molecule has 1 fully saturated rings. The van der Waals surface area contributed by atoms with Gasteiger partial charge in [0.05, 0.1) is 0 Å². The van der Waals surface area contributed by atoms with Crippen LogP contribution in [-0.4, -0.2) is 10.5 Å². The van der Waals surface area contributed by atoms with Gasteiger partial charge in [-0.05, 0) is 67.5 Å². The largest absolute Gasteiger partial charge is 0.315 e. The smallest absolute Gasteiger partial charge is 0.0491 e. The molecule has 138 valence electrons. The Kier molecular flexibility index (Phi) is 7.30. The number of nitrogens with one attached hydrogen (secondary N) is 1. The summed E-state index contributed by atoms with van der Waals surface area (Å²) in [5.41, 5.74) is 6.33. The lowest BCUT2D eigenvalue weighted by Crippen LogP contribution is -2.37. The molecule has 0 radical (unpaired) electrons. The van der Waals surface area contributed by atoms with Crippen LogP contribution in [0.2, 0.25) is 0 Å². The minimum Gasteiger partial charge on any atom is -0.315 e. The van der Waals surface area contributed by atoms with Crippen LogP contribution in [0, 0.1) is 5.92 Å². The van der Waals surface area contributed by atoms with Crippen LogP contribution < -0.4 is 5.43 Å². The number of benzene rings is 1. The van der Waals surface area contributed by atoms with Gasteiger partial charge in [-0.1, -0.05) is 63.8 Å². The summed E-state index contributed by atoms with van der Waals surface area (Å²) in [7, 11) is 0. The fourth-order valence-corrected chi connectivity index (χ4v) is 5.11. The lowest BCUT2D eigenvalue weighted by atomic mass is 9.84. The summed E-state index contributed by atoms with van der Waals surface area (Å²) in [5, 5.41) is 0. The van der Waals surface area contributed by atoms with Crippen molar-refractivity contribution in [1.82, 2.24) is 9.84 Å². The number of rotatable bonds is 8. The third-order valence-electron chi connectivity index (χ3n) is 5.67. The second-order valence-corrected chi connectivity index (χ2v) is 8.69. The van der Waals surface area contributed by atoms with Gasteiger partial charge in [-0.25, -0.2) is 0 Å². The molecule has 1 aromatic carbocycles. The van der Waals surface area contributed by atoms with E-state index in [1.807, 2.05) is 11.9 Å². The van der Waals surface area contributed by atoms with Crippen molar-refractivity contribution >= 4 is 16.9 Å². The highest BCUT2D eigenvalue weighted by molar-refractivity contribution is 8.06. The number of nitrogens with zero attached hydrogens (tertiary/aromatic N) is 1. The van der Waals surface area contributed by atoms with Gasteiger partial charge >= 0.3 is 0 Å². The maximum atomic E-state index is 3.51. The maximum absolute atomic E-state index is 3.51. The number of aryl methyl sites for hydroxylation is 1. The summed E-state index contributed by atoms with van der Waals surface area (Å²) in [6, 6.07) is 9.89. The molecule has 0 spiro atoms. The van der Waals surface area contributed by atoms with Crippen molar-refractivity contribution < 1.29 is 0 Å². The molecule has 0 amide bonds. The van der Waals surface area contributed by atoms with Gasteiger partial charge in [-0.15, -0.1) is 0 Å². The van der Waals surface area contributed by atoms with E-state index in [-0.39, 0.29) is 0 Å². The van der Waals surface area contributed by atoms with E-state index in [1.165, 1.54) is 80.2 Å². The predicted molar refractivity (Wildman–Crippen MR) is 111 cm³/mol. The first-order valence-corrected chi connectivity index (χ1v) is 11.1. The zero-order valence-corrected chi connectivity index (χ0v) is 16.8. The summed E-state index contributed by atoms with van der Waals surface area (Å²) in [4.78, 5) is 1.36. The first-order chi connectivity index (χ1) is 12.3. The van der Waals surface area contributed by atoms with Gasteiger partial charge in [-0.2, -0.15) is 4.41 Å². The SMILES string of the molecule is CCCCCc1ccc(C2=CNN(C3CCC(CCC)CC3)S2)cc1. The lowest BCUT2D eigenvalue weighted by Gasteiger charge is -2.33. The summed E-state index contributed by atoms with van der Waals surface area (Å²) in [5.74, 6) is 0.974. The Labute approximate surface area is 158 Å². The highest BCUT2D eigenvalue weighted by atomic mass is 32.2. The fourth-order valence-electron chi connectivity index (χ4n) is 4.09. The topological polar surface area (TPSA) is 15.3 Å². The number of unbranched alkanes of at least 4 members (excludes halogenated alkanes) is 2. The van der Waals surface area contributed by atoms with Gasteiger partial charge in [-0.3, -0.25) is 0 Å². The molecule has 1 N–H and O–H groups in total. The molecule has 0 saturated heterocycles. The molecule has 1 aliphatic carbocycles. The van der Waals surface area contributed by atoms with Crippen LogP contribution in [0.1, 0.15) is 82.8 Å². The third kappa shape index (κ3) is 5.27. The maximum Gasteiger partial charge on any atom is 0.0491 e. The zero-order valence-electron chi connectivity index (χ0n) is 16.0. The molecule has 0 atom stereocenters. The van der Waals surface area contributed by atoms with Gasteiger partial charge in [0.15, 0.2) is 0 Å². The number of hydrogen-bond acceptors (Lipinski definition) is 3. The Hall–Kier alpha value is -0.930. The van der Waals surface area contributed by atoms with E-state index >= 15 is 0 Å². The average molecular weight is 359 g/mol. The van der Waals surface area contributed by atoms with Crippen molar-refractivity contribution in [2.45, 2.75) is 84.1 Å². The fraction of sp³-hybridized carbons (Fsp3) is 0.636. The molecule has 2 nitrogen and oxygen atoms in total. The molecule has 3 rings (SSSR count). The van der Waals surface area contributed by atoms with Crippen LogP contribution in [0.4, 0.5) is 0 Å². The Morgan fingerprint density at radius 2 is 1.76 bits per heavy atom. The van der Waals surface area contributed by atoms with Gasteiger partial charge < -0.3 is 5.43 Å². The molecule has 0 aromatic heterocycles. The van der Waals surface area contributed by atoms with Crippen molar-refractivity contribution in [3.8, 4) is 0 Å². The van der Waals surface area contributed by atoms with Crippen LogP contribution >= 0.6 is 11.9 Å². The van der Waals surface area contributed by atoms with Crippen molar-refractivity contribution in [3.63, 3.8) is 0 Å². The highest BCUT2D eigenvalue weighted by Crippen LogP contribution is 2.39. The lowest BCUT2D eigenvalue weighted by molar-refractivity contribution is 0.200. The molecule has 0 bridgehead atoms. The van der Waals surface area contributed by atoms with Crippen molar-refractivity contribution in [3.05, 3.63) is 41.6 Å². The third-order valence-corrected chi connectivity index (χ3v) is 6.82. The zero-order chi connectivity index (χ0) is 17.5. The molecule has 25 heavy (non-hydrogen) atoms. The quantitative estimate of drug-likeness (QED) is 0.419. The van der Waals surface area contributed by atoms with Crippen LogP contribution in [-0.2, 0) is 6.42 Å². The predicted octanol–water partition coefficient (Wildman–Crippen LogP) is 6.55. The van der Waals surface area contributed by atoms with E-state index in [9.17, 15) is 0 Å². The molecule has 0 unspecified atom stereocenters. The Morgan fingerprint density at radius 1 is 1.00 bits per heavy atom. The summed E-state index contributed by atoms with van der Waals surface area (Å²) < 4.78 is 2.40. The van der Waals surface area contributed by atoms with Crippen molar-refractivity contribution in [2.24, 2.45) is 5.92 Å². The van der Waals surface area contributed by atoms with E-state index in [1.54, 1.807) is 0 Å². The van der Waals surface area contributed by atoms with Gasteiger partial charge in [0, 0.05) is 17.1 Å². The second kappa shape index (κ2) is 9.68. The first-order valence-electron chi connectivity index (χ1n) is 10.3. The average Bonchev–Trinajstić information content (AvgIpc) is 3.14. The van der Waals surface area contributed by atoms with Gasteiger partial charge in [0.1, 0.15) is 0 Å². The summed E-state index contributed by atoms with van der Waals surface area (Å²) >= 11 is 1.90. The molecule has 2 aliphatic rings. The molecule has 1 aromatic rings. The Balaban J connectivity index is 1.47. The van der Waals surface area contributed by atoms with E-state index in [2.05, 4.69) is 54.2 Å². The number of hydrogen-bond donors (Lipinski definition) is 1. The summed E-state index contributed by atoms with van der Waals surface area (Å²) in [6.45, 7) is 4.58. The molecule has 3 heteroatoms. The first kappa shape index (κ1) is 18.8. The Bertz CT molecular complexity index is 544.